The second-order valence-electron chi connectivity index (χ2n) is 15.2. The molecule has 68 heavy (non-hydrogen) atoms. The lowest BCUT2D eigenvalue weighted by Gasteiger charge is -2.36. The molecule has 22 nitrogen and oxygen atoms in total. The van der Waals surface area contributed by atoms with Crippen LogP contribution < -0.4 is 30.7 Å². The molecule has 2 aromatic carbocycles. The van der Waals surface area contributed by atoms with Gasteiger partial charge < -0.3 is 50.5 Å². The molecule has 2 amide bonds. The Bertz CT molecular complexity index is 2800. The molecule has 2 saturated heterocycles. The van der Waals surface area contributed by atoms with Crippen molar-refractivity contribution < 1.29 is 19.1 Å². The van der Waals surface area contributed by atoms with Crippen molar-refractivity contribution >= 4 is 105 Å². The average molecular weight is 1010 g/mol. The van der Waals surface area contributed by atoms with Crippen LogP contribution in [0, 0.1) is 0 Å². The van der Waals surface area contributed by atoms with Gasteiger partial charge in [0.1, 0.15) is 60.3 Å². The van der Waals surface area contributed by atoms with Gasteiger partial charge in [0.2, 0.25) is 11.8 Å². The number of fused-ring (bicyclic) bond motifs is 2. The van der Waals surface area contributed by atoms with Gasteiger partial charge in [-0.1, -0.05) is 23.2 Å². The lowest BCUT2D eigenvalue weighted by Crippen LogP contribution is -2.49. The summed E-state index contributed by atoms with van der Waals surface area (Å²) >= 11 is 12.3. The Morgan fingerprint density at radius 2 is 1.00 bits per heavy atom. The molecule has 2 aliphatic heterocycles. The molecule has 8 aromatic rings. The van der Waals surface area contributed by atoms with E-state index < -0.39 is 0 Å². The van der Waals surface area contributed by atoms with Crippen molar-refractivity contribution in [1.82, 2.24) is 69.2 Å². The zero-order valence-corrected chi connectivity index (χ0v) is 39.8. The van der Waals surface area contributed by atoms with Crippen LogP contribution in [0.15, 0.2) is 73.8 Å². The lowest BCUT2D eigenvalue weighted by atomic mass is 10.2. The summed E-state index contributed by atoms with van der Waals surface area (Å²) in [5.74, 6) is 2.83. The van der Waals surface area contributed by atoms with Crippen molar-refractivity contribution in [3.8, 4) is 34.5 Å². The number of carbonyl (C=O) groups is 2. The van der Waals surface area contributed by atoms with Crippen LogP contribution in [0.5, 0.6) is 11.5 Å². The number of aromatic nitrogens is 12. The molecule has 26 heteroatoms. The van der Waals surface area contributed by atoms with E-state index in [1.807, 2.05) is 46.2 Å². The second-order valence-corrected chi connectivity index (χ2v) is 16.0. The molecule has 0 aliphatic carbocycles. The van der Waals surface area contributed by atoms with Gasteiger partial charge in [-0.2, -0.15) is 10.2 Å². The highest BCUT2D eigenvalue weighted by atomic mass is 35.5. The Morgan fingerprint density at radius 1 is 0.603 bits per heavy atom. The fourth-order valence-corrected chi connectivity index (χ4v) is 8.37. The molecule has 0 saturated carbocycles. The molecule has 6 aromatic heterocycles. The number of nitrogen functional groups attached to an aromatic ring is 2. The highest BCUT2D eigenvalue weighted by Gasteiger charge is 2.27. The summed E-state index contributed by atoms with van der Waals surface area (Å²) in [6.07, 6.45) is 9.38. The van der Waals surface area contributed by atoms with E-state index in [4.69, 9.17) is 44.1 Å². The number of H-pyrrole nitrogens is 2. The van der Waals surface area contributed by atoms with Crippen LogP contribution in [0.1, 0.15) is 0 Å². The zero-order valence-electron chi connectivity index (χ0n) is 36.6. The van der Waals surface area contributed by atoms with Gasteiger partial charge in [-0.05, 0) is 24.3 Å². The van der Waals surface area contributed by atoms with E-state index in [1.165, 1.54) is 12.7 Å². The van der Waals surface area contributed by atoms with E-state index in [0.29, 0.717) is 119 Å². The molecule has 0 spiro atoms. The maximum atomic E-state index is 13.1. The Morgan fingerprint density at radius 3 is 1.35 bits per heavy atom. The number of carbonyl (C=O) groups excluding carboxylic acids is 2. The van der Waals surface area contributed by atoms with Crippen molar-refractivity contribution in [3.05, 3.63) is 83.9 Å². The molecule has 10 rings (SSSR count). The van der Waals surface area contributed by atoms with Crippen LogP contribution >= 0.6 is 48.0 Å². The van der Waals surface area contributed by atoms with Gasteiger partial charge >= 0.3 is 0 Å². The van der Waals surface area contributed by atoms with Gasteiger partial charge in [0.25, 0.3) is 0 Å². The summed E-state index contributed by atoms with van der Waals surface area (Å²) in [6.45, 7) is 5.23. The van der Waals surface area contributed by atoms with Gasteiger partial charge in [-0.25, -0.2) is 39.3 Å². The van der Waals surface area contributed by atoms with Crippen molar-refractivity contribution in [2.45, 2.75) is 13.1 Å². The van der Waals surface area contributed by atoms with E-state index in [9.17, 15) is 9.59 Å². The number of nitrogens with two attached hydrogens (primary N) is 2. The number of rotatable bonds is 10. The molecule has 0 bridgehead atoms. The Labute approximate surface area is 410 Å². The van der Waals surface area contributed by atoms with Crippen LogP contribution in [0.4, 0.5) is 23.0 Å². The van der Waals surface area contributed by atoms with E-state index in [2.05, 4.69) is 59.9 Å². The highest BCUT2D eigenvalue weighted by molar-refractivity contribution is 6.32. The van der Waals surface area contributed by atoms with Crippen LogP contribution in [0.2, 0.25) is 10.0 Å². The first-order valence-electron chi connectivity index (χ1n) is 20.8. The quantitative estimate of drug-likeness (QED) is 0.147. The number of halogens is 4. The number of anilines is 4. The van der Waals surface area contributed by atoms with Crippen LogP contribution in [-0.4, -0.2) is 148 Å². The molecule has 2 aliphatic rings. The van der Waals surface area contributed by atoms with Crippen LogP contribution in [0.25, 0.3) is 45.1 Å². The lowest BCUT2D eigenvalue weighted by molar-refractivity contribution is -0.133. The first-order valence-corrected chi connectivity index (χ1v) is 21.5. The molecular formula is C42H46Cl4N18O4. The minimum atomic E-state index is -0.0454. The smallest absolute Gasteiger partial charge is 0.244 e. The number of nitrogens with one attached hydrogen (secondary N) is 2. The number of aromatic amines is 2. The monoisotopic (exact) mass is 1010 g/mol. The third kappa shape index (κ3) is 9.93. The third-order valence-electron chi connectivity index (χ3n) is 11.4. The molecule has 2 fully saturated rings. The maximum Gasteiger partial charge on any atom is 0.244 e. The number of benzene rings is 2. The number of nitrogens with zero attached hydrogens (tertiary/aromatic N) is 14. The van der Waals surface area contributed by atoms with E-state index >= 15 is 0 Å². The highest BCUT2D eigenvalue weighted by Crippen LogP contribution is 2.33. The zero-order chi connectivity index (χ0) is 45.9. The summed E-state index contributed by atoms with van der Waals surface area (Å²) in [5, 5.41) is 11.4. The topological polar surface area (TPSA) is 262 Å². The fourth-order valence-electron chi connectivity index (χ4n) is 7.98. The summed E-state index contributed by atoms with van der Waals surface area (Å²) in [4.78, 5) is 65.6. The average Bonchev–Trinajstić information content (AvgIpc) is 4.19. The molecule has 6 N–H and O–H groups in total. The number of hydrogen-bond acceptors (Lipinski definition) is 16. The fraction of sp³-hybridized carbons (Fsp3) is 0.286. The number of ether oxygens (including phenoxy) is 2. The van der Waals surface area contributed by atoms with Crippen molar-refractivity contribution in [1.29, 1.82) is 0 Å². The third-order valence-corrected chi connectivity index (χ3v) is 12.0. The summed E-state index contributed by atoms with van der Waals surface area (Å²) < 4.78 is 13.8. The molecular weight excluding hydrogens is 962 g/mol. The number of piperazine rings is 2. The van der Waals surface area contributed by atoms with E-state index in [1.54, 1.807) is 48.4 Å². The largest absolute Gasteiger partial charge is 0.495 e. The van der Waals surface area contributed by atoms with E-state index in [0.717, 1.165) is 11.4 Å². The Balaban J connectivity index is 0.000000196. The normalized spacial score (nSPS) is 13.7. The Hall–Kier alpha value is -7.14. The second kappa shape index (κ2) is 21.2. The standard InChI is InChI=1S/2C21H22ClN9O2.2ClH/c2*1-33-15-10-13(2-3-14(15)22)29-6-8-30(9-7-29)16(32)11-31-21-17(19(23)26-12-27-21)18(28-31)20-24-4-5-25-20;;/h2*2-5,10,12H,6-9,11H2,1H3,(H,24,25)(H2,23,26,27);2*1H. The number of amides is 2. The number of methoxy groups -OCH3 is 2. The molecule has 0 radical (unpaired) electrons. The SMILES string of the molecule is COc1cc(N2CCN(C(=O)Cn3nc(-c4ncc[nH]4)c4c(N)ncnc43)CC2)ccc1Cl.COc1cc(N2CCN(C(=O)Cn3nc(-c4ncc[nH]4)c4c(N)ncnc43)CC2)ccc1Cl.Cl.Cl. The van der Waals surface area contributed by atoms with Gasteiger partial charge in [-0.15, -0.1) is 24.8 Å². The van der Waals surface area contributed by atoms with Gasteiger partial charge in [0.05, 0.1) is 35.0 Å². The van der Waals surface area contributed by atoms with Crippen molar-refractivity contribution in [3.63, 3.8) is 0 Å². The van der Waals surface area contributed by atoms with Gasteiger partial charge in [0, 0.05) is 101 Å². The molecule has 8 heterocycles. The minimum absolute atomic E-state index is 0. The Kier molecular flexibility index (Phi) is 15.2. The summed E-state index contributed by atoms with van der Waals surface area (Å²) in [6, 6.07) is 11.4. The van der Waals surface area contributed by atoms with Crippen molar-refractivity contribution in [2.24, 2.45) is 0 Å². The maximum absolute atomic E-state index is 13.1. The summed E-state index contributed by atoms with van der Waals surface area (Å²) in [7, 11) is 3.19. The molecule has 0 atom stereocenters. The van der Waals surface area contributed by atoms with Crippen LogP contribution in [0.3, 0.4) is 0 Å². The van der Waals surface area contributed by atoms with E-state index in [-0.39, 0.29) is 61.4 Å². The number of hydrogen-bond donors (Lipinski definition) is 4. The molecule has 0 unspecified atom stereocenters. The first-order chi connectivity index (χ1) is 32.1. The number of imidazole rings is 2. The van der Waals surface area contributed by atoms with Gasteiger partial charge in [0.15, 0.2) is 22.9 Å². The predicted octanol–water partition coefficient (Wildman–Crippen LogP) is 4.46. The van der Waals surface area contributed by atoms with Crippen LogP contribution in [-0.2, 0) is 22.7 Å². The molecule has 356 valence electrons. The van der Waals surface area contributed by atoms with Crippen molar-refractivity contribution in [2.75, 3.05) is 87.8 Å². The first kappa shape index (κ1) is 48.8. The summed E-state index contributed by atoms with van der Waals surface area (Å²) in [5.41, 5.74) is 16.2. The predicted molar refractivity (Wildman–Crippen MR) is 263 cm³/mol. The van der Waals surface area contributed by atoms with Gasteiger partial charge in [-0.3, -0.25) is 9.59 Å². The minimum Gasteiger partial charge on any atom is -0.495 e.